The second-order valence-corrected chi connectivity index (χ2v) is 4.08. The zero-order chi connectivity index (χ0) is 10.8. The van der Waals surface area contributed by atoms with Crippen molar-refractivity contribution in [2.24, 2.45) is 0 Å². The van der Waals surface area contributed by atoms with Crippen LogP contribution >= 0.6 is 11.3 Å². The summed E-state index contributed by atoms with van der Waals surface area (Å²) in [5.74, 6) is 0.747. The van der Waals surface area contributed by atoms with Crippen molar-refractivity contribution in [3.63, 3.8) is 0 Å². The van der Waals surface area contributed by atoms with Gasteiger partial charge in [0.25, 0.3) is 0 Å². The van der Waals surface area contributed by atoms with E-state index >= 15 is 0 Å². The molecule has 6 heteroatoms. The second-order valence-electron chi connectivity index (χ2n) is 3.36. The molecule has 5 nitrogen and oxygen atoms in total. The van der Waals surface area contributed by atoms with Crippen molar-refractivity contribution in [3.05, 3.63) is 16.8 Å². The highest BCUT2D eigenvalue weighted by Gasteiger charge is 2.19. The molecule has 0 aliphatic heterocycles. The third kappa shape index (κ3) is 2.05. The van der Waals surface area contributed by atoms with Gasteiger partial charge in [-0.15, -0.1) is 11.3 Å². The van der Waals surface area contributed by atoms with Crippen molar-refractivity contribution in [1.82, 2.24) is 15.1 Å². The van der Waals surface area contributed by atoms with Crippen LogP contribution in [0.3, 0.4) is 0 Å². The molecule has 2 atom stereocenters. The first-order chi connectivity index (χ1) is 7.18. The summed E-state index contributed by atoms with van der Waals surface area (Å²) in [7, 11) is 0. The quantitative estimate of drug-likeness (QED) is 0.860. The second kappa shape index (κ2) is 4.08. The van der Waals surface area contributed by atoms with Gasteiger partial charge in [0.15, 0.2) is 0 Å². The van der Waals surface area contributed by atoms with Gasteiger partial charge >= 0.3 is 0 Å². The first kappa shape index (κ1) is 10.3. The van der Waals surface area contributed by atoms with Gasteiger partial charge in [-0.25, -0.2) is 4.98 Å². The summed E-state index contributed by atoms with van der Waals surface area (Å²) in [4.78, 5) is 8.26. The van der Waals surface area contributed by atoms with Crippen molar-refractivity contribution in [3.8, 4) is 11.5 Å². The minimum atomic E-state index is -0.506. The Balaban J connectivity index is 2.25. The summed E-state index contributed by atoms with van der Waals surface area (Å²) in [5.41, 5.74) is 2.41. The van der Waals surface area contributed by atoms with Crippen LogP contribution in [0, 0.1) is 0 Å². The van der Waals surface area contributed by atoms with Gasteiger partial charge < -0.3 is 9.63 Å². The van der Waals surface area contributed by atoms with Crippen LogP contribution in [0.25, 0.3) is 11.5 Å². The number of aromatic nitrogens is 3. The molecule has 15 heavy (non-hydrogen) atoms. The summed E-state index contributed by atoms with van der Waals surface area (Å²) in [6.07, 6.45) is -0.506. The zero-order valence-corrected chi connectivity index (χ0v) is 9.23. The highest BCUT2D eigenvalue weighted by Crippen LogP contribution is 2.21. The fraction of sp³-hybridized carbons (Fsp3) is 0.444. The fourth-order valence-electron chi connectivity index (χ4n) is 1.05. The molecule has 0 aromatic carbocycles. The van der Waals surface area contributed by atoms with E-state index < -0.39 is 6.10 Å². The summed E-state index contributed by atoms with van der Waals surface area (Å²) in [5, 5.41) is 15.0. The Labute approximate surface area is 90.8 Å². The minimum absolute atomic E-state index is 0.162. The monoisotopic (exact) mass is 225 g/mol. The number of rotatable bonds is 3. The molecule has 0 bridgehead atoms. The van der Waals surface area contributed by atoms with Crippen LogP contribution in [0.15, 0.2) is 15.4 Å². The summed E-state index contributed by atoms with van der Waals surface area (Å²) >= 11 is 1.48. The molecule has 0 aliphatic rings. The third-order valence-electron chi connectivity index (χ3n) is 2.22. The zero-order valence-electron chi connectivity index (χ0n) is 8.41. The Bertz CT molecular complexity index is 424. The Morgan fingerprint density at radius 2 is 2.27 bits per heavy atom. The highest BCUT2D eigenvalue weighted by atomic mass is 32.1. The number of hydrogen-bond acceptors (Lipinski definition) is 6. The number of thiazole rings is 1. The predicted octanol–water partition coefficient (Wildman–Crippen LogP) is 1.68. The van der Waals surface area contributed by atoms with E-state index in [9.17, 15) is 5.11 Å². The fourth-order valence-corrected chi connectivity index (χ4v) is 1.58. The molecule has 0 amide bonds. The largest absolute Gasteiger partial charge is 0.393 e. The van der Waals surface area contributed by atoms with Gasteiger partial charge in [-0.3, -0.25) is 0 Å². The maximum atomic E-state index is 9.37. The summed E-state index contributed by atoms with van der Waals surface area (Å²) in [6, 6.07) is 0. The molecule has 2 rings (SSSR count). The third-order valence-corrected chi connectivity index (χ3v) is 2.80. The number of nitrogens with zero attached hydrogens (tertiary/aromatic N) is 3. The van der Waals surface area contributed by atoms with E-state index in [-0.39, 0.29) is 5.92 Å². The van der Waals surface area contributed by atoms with Crippen LogP contribution < -0.4 is 0 Å². The molecule has 0 saturated heterocycles. The van der Waals surface area contributed by atoms with E-state index in [0.717, 1.165) is 0 Å². The molecule has 2 aromatic heterocycles. The number of aliphatic hydroxyl groups excluding tert-OH is 1. The molecule has 0 saturated carbocycles. The van der Waals surface area contributed by atoms with Crippen LogP contribution in [-0.4, -0.2) is 26.3 Å². The lowest BCUT2D eigenvalue weighted by Crippen LogP contribution is -2.11. The van der Waals surface area contributed by atoms with Crippen molar-refractivity contribution in [1.29, 1.82) is 0 Å². The molecular weight excluding hydrogens is 214 g/mol. The smallest absolute Gasteiger partial charge is 0.232 e. The van der Waals surface area contributed by atoms with Crippen LogP contribution in [0.2, 0.25) is 0 Å². The first-order valence-corrected chi connectivity index (χ1v) is 5.53. The minimum Gasteiger partial charge on any atom is -0.393 e. The van der Waals surface area contributed by atoms with Crippen molar-refractivity contribution < 1.29 is 9.63 Å². The average molecular weight is 225 g/mol. The Hall–Kier alpha value is -1.27. The summed E-state index contributed by atoms with van der Waals surface area (Å²) in [6.45, 7) is 3.53. The van der Waals surface area contributed by atoms with Crippen LogP contribution in [0.1, 0.15) is 25.7 Å². The summed E-state index contributed by atoms with van der Waals surface area (Å²) < 4.78 is 5.06. The predicted molar refractivity (Wildman–Crippen MR) is 55.5 cm³/mol. The maximum absolute atomic E-state index is 9.37. The van der Waals surface area contributed by atoms with Gasteiger partial charge in [-0.05, 0) is 6.92 Å². The van der Waals surface area contributed by atoms with E-state index in [1.54, 1.807) is 12.4 Å². The Kier molecular flexibility index (Phi) is 2.79. The van der Waals surface area contributed by atoms with Gasteiger partial charge in [-0.1, -0.05) is 12.1 Å². The number of aliphatic hydroxyl groups is 1. The Morgan fingerprint density at radius 3 is 2.87 bits per heavy atom. The molecule has 0 radical (unpaired) electrons. The maximum Gasteiger partial charge on any atom is 0.232 e. The molecule has 2 heterocycles. The van der Waals surface area contributed by atoms with E-state index in [0.29, 0.717) is 17.4 Å². The normalized spacial score (nSPS) is 15.1. The molecule has 2 aromatic rings. The van der Waals surface area contributed by atoms with Gasteiger partial charge in [0, 0.05) is 5.38 Å². The van der Waals surface area contributed by atoms with E-state index in [1.165, 1.54) is 11.3 Å². The average Bonchev–Trinajstić information content (AvgIpc) is 2.86. The standard InChI is InChI=1S/C9H11N3O2S/c1-5(6(2)13)9-11-8(12-14-9)7-3-15-4-10-7/h3-6,13H,1-2H3. The van der Waals surface area contributed by atoms with E-state index in [1.807, 2.05) is 12.3 Å². The highest BCUT2D eigenvalue weighted by molar-refractivity contribution is 7.07. The van der Waals surface area contributed by atoms with E-state index in [2.05, 4.69) is 15.1 Å². The molecule has 80 valence electrons. The van der Waals surface area contributed by atoms with Gasteiger partial charge in [0.2, 0.25) is 11.7 Å². The molecular formula is C9H11N3O2S. The number of hydrogen-bond donors (Lipinski definition) is 1. The molecule has 0 spiro atoms. The lowest BCUT2D eigenvalue weighted by atomic mass is 10.1. The molecule has 0 fully saturated rings. The molecule has 1 N–H and O–H groups in total. The SMILES string of the molecule is CC(O)C(C)c1nc(-c2cscn2)no1. The van der Waals surface area contributed by atoms with E-state index in [4.69, 9.17) is 4.52 Å². The molecule has 2 unspecified atom stereocenters. The van der Waals surface area contributed by atoms with Gasteiger partial charge in [-0.2, -0.15) is 4.98 Å². The van der Waals surface area contributed by atoms with Crippen molar-refractivity contribution in [2.75, 3.05) is 0 Å². The first-order valence-electron chi connectivity index (χ1n) is 4.58. The molecule has 0 aliphatic carbocycles. The van der Waals surface area contributed by atoms with Crippen LogP contribution in [-0.2, 0) is 0 Å². The van der Waals surface area contributed by atoms with Gasteiger partial charge in [0.1, 0.15) is 5.69 Å². The lowest BCUT2D eigenvalue weighted by molar-refractivity contribution is 0.151. The Morgan fingerprint density at radius 1 is 1.47 bits per heavy atom. The van der Waals surface area contributed by atoms with Crippen molar-refractivity contribution in [2.45, 2.75) is 25.9 Å². The van der Waals surface area contributed by atoms with Gasteiger partial charge in [0.05, 0.1) is 17.5 Å². The van der Waals surface area contributed by atoms with Crippen molar-refractivity contribution >= 4 is 11.3 Å². The van der Waals surface area contributed by atoms with Crippen LogP contribution in [0.5, 0.6) is 0 Å². The van der Waals surface area contributed by atoms with Crippen LogP contribution in [0.4, 0.5) is 0 Å². The lowest BCUT2D eigenvalue weighted by Gasteiger charge is -2.07. The topological polar surface area (TPSA) is 72.0 Å².